The summed E-state index contributed by atoms with van der Waals surface area (Å²) in [6.45, 7) is 0. The van der Waals surface area contributed by atoms with Crippen LogP contribution in [0.25, 0.3) is 22.0 Å². The highest BCUT2D eigenvalue weighted by molar-refractivity contribution is 9.10. The summed E-state index contributed by atoms with van der Waals surface area (Å²) >= 11 is 3.57. The summed E-state index contributed by atoms with van der Waals surface area (Å²) in [4.78, 5) is 30.3. The Kier molecular flexibility index (Phi) is 6.17. The Morgan fingerprint density at radius 1 is 1.03 bits per heavy atom. The molecule has 1 amide bonds. The Morgan fingerprint density at radius 2 is 1.82 bits per heavy atom. The molecule has 5 aromatic rings. The second-order valence-electron chi connectivity index (χ2n) is 8.92. The molecular weight excluding hydrogens is 546 g/mol. The zero-order chi connectivity index (χ0) is 26.2. The fourth-order valence-corrected chi connectivity index (χ4v) is 5.22. The number of rotatable bonds is 5. The van der Waals surface area contributed by atoms with Gasteiger partial charge >= 0.3 is 0 Å². The minimum absolute atomic E-state index is 0.269. The molecule has 8 heteroatoms. The predicted octanol–water partition coefficient (Wildman–Crippen LogP) is 6.55. The van der Waals surface area contributed by atoms with E-state index in [-0.39, 0.29) is 11.5 Å². The van der Waals surface area contributed by atoms with Crippen LogP contribution in [-0.4, -0.2) is 28.7 Å². The van der Waals surface area contributed by atoms with E-state index in [0.717, 1.165) is 21.0 Å². The van der Waals surface area contributed by atoms with Gasteiger partial charge in [-0.25, -0.2) is 5.01 Å². The number of aromatic nitrogens is 1. The maximum absolute atomic E-state index is 13.7. The summed E-state index contributed by atoms with van der Waals surface area (Å²) in [7, 11) is 1.57. The maximum atomic E-state index is 13.7. The number of halogens is 1. The number of benzene rings is 3. The number of methoxy groups -OCH3 is 1. The van der Waals surface area contributed by atoms with Crippen molar-refractivity contribution in [2.45, 2.75) is 12.5 Å². The van der Waals surface area contributed by atoms with Crippen LogP contribution in [0.4, 0.5) is 0 Å². The molecule has 0 aliphatic carbocycles. The molecule has 7 nitrogen and oxygen atoms in total. The smallest absolute Gasteiger partial charge is 0.274 e. The van der Waals surface area contributed by atoms with Gasteiger partial charge in [0.1, 0.15) is 17.6 Å². The number of hydrogen-bond acceptors (Lipinski definition) is 5. The lowest BCUT2D eigenvalue weighted by atomic mass is 9.92. The van der Waals surface area contributed by atoms with Crippen molar-refractivity contribution >= 4 is 38.5 Å². The van der Waals surface area contributed by atoms with Gasteiger partial charge in [0.2, 0.25) is 0 Å². The SMILES string of the molecule is COc1ccc(C(=O)N2N=C(c3c(-c4ccccc4)c4cc(Br)ccc4[nH]c3=O)C[C@H]2c2ccco2)cc1. The van der Waals surface area contributed by atoms with Crippen LogP contribution >= 0.6 is 15.9 Å². The Balaban J connectivity index is 1.54. The van der Waals surface area contributed by atoms with E-state index in [9.17, 15) is 9.59 Å². The first-order chi connectivity index (χ1) is 18.5. The summed E-state index contributed by atoms with van der Waals surface area (Å²) in [5.41, 5.74) is 3.49. The molecule has 2 aromatic heterocycles. The number of carbonyl (C=O) groups is 1. The van der Waals surface area contributed by atoms with Crippen molar-refractivity contribution in [3.63, 3.8) is 0 Å². The predicted molar refractivity (Wildman–Crippen MR) is 149 cm³/mol. The fraction of sp³-hybridized carbons (Fsp3) is 0.100. The Morgan fingerprint density at radius 3 is 2.53 bits per heavy atom. The molecule has 1 N–H and O–H groups in total. The van der Waals surface area contributed by atoms with Gasteiger partial charge in [-0.05, 0) is 60.2 Å². The lowest BCUT2D eigenvalue weighted by Gasteiger charge is -2.20. The Bertz CT molecular complexity index is 1730. The molecule has 0 saturated carbocycles. The van der Waals surface area contributed by atoms with E-state index in [0.29, 0.717) is 40.3 Å². The number of pyridine rings is 1. The van der Waals surface area contributed by atoms with Crippen molar-refractivity contribution in [3.05, 3.63) is 123 Å². The molecule has 1 atom stereocenters. The van der Waals surface area contributed by atoms with Crippen LogP contribution in [0.15, 0.2) is 110 Å². The quantitative estimate of drug-likeness (QED) is 0.261. The zero-order valence-electron chi connectivity index (χ0n) is 20.4. The largest absolute Gasteiger partial charge is 0.497 e. The molecule has 1 aliphatic heterocycles. The van der Waals surface area contributed by atoms with Crippen molar-refractivity contribution in [1.82, 2.24) is 9.99 Å². The molecule has 0 unspecified atom stereocenters. The lowest BCUT2D eigenvalue weighted by molar-refractivity contribution is 0.0693. The van der Waals surface area contributed by atoms with Crippen LogP contribution in [-0.2, 0) is 0 Å². The van der Waals surface area contributed by atoms with Crippen molar-refractivity contribution < 1.29 is 13.9 Å². The van der Waals surface area contributed by atoms with Gasteiger partial charge in [-0.3, -0.25) is 9.59 Å². The van der Waals surface area contributed by atoms with Crippen LogP contribution in [0.1, 0.15) is 34.1 Å². The van der Waals surface area contributed by atoms with Crippen molar-refractivity contribution in [2.24, 2.45) is 5.10 Å². The molecule has 1 aliphatic rings. The number of ether oxygens (including phenoxy) is 1. The van der Waals surface area contributed by atoms with E-state index in [4.69, 9.17) is 14.3 Å². The maximum Gasteiger partial charge on any atom is 0.274 e. The summed E-state index contributed by atoms with van der Waals surface area (Å²) in [6, 6.07) is 25.4. The highest BCUT2D eigenvalue weighted by atomic mass is 79.9. The van der Waals surface area contributed by atoms with E-state index in [2.05, 4.69) is 20.9 Å². The number of nitrogens with zero attached hydrogens (tertiary/aromatic N) is 2. The molecular formula is C30H22BrN3O4. The molecule has 0 spiro atoms. The van der Waals surface area contributed by atoms with Crippen molar-refractivity contribution in [3.8, 4) is 16.9 Å². The molecule has 188 valence electrons. The van der Waals surface area contributed by atoms with E-state index >= 15 is 0 Å². The van der Waals surface area contributed by atoms with Gasteiger partial charge < -0.3 is 14.1 Å². The van der Waals surface area contributed by atoms with Gasteiger partial charge in [-0.1, -0.05) is 46.3 Å². The number of hydrogen-bond donors (Lipinski definition) is 1. The summed E-state index contributed by atoms with van der Waals surface area (Å²) in [6.07, 6.45) is 1.89. The molecule has 3 aromatic carbocycles. The van der Waals surface area contributed by atoms with E-state index in [1.54, 1.807) is 43.7 Å². The van der Waals surface area contributed by atoms with Crippen LogP contribution in [0.3, 0.4) is 0 Å². The first-order valence-electron chi connectivity index (χ1n) is 12.0. The van der Waals surface area contributed by atoms with Crippen molar-refractivity contribution in [1.29, 1.82) is 0 Å². The first-order valence-corrected chi connectivity index (χ1v) is 12.8. The number of amides is 1. The van der Waals surface area contributed by atoms with Gasteiger partial charge in [-0.2, -0.15) is 5.10 Å². The number of carbonyl (C=O) groups excluding carboxylic acids is 1. The van der Waals surface area contributed by atoms with Gasteiger partial charge in [0, 0.05) is 32.9 Å². The summed E-state index contributed by atoms with van der Waals surface area (Å²) in [5.74, 6) is 0.938. The third-order valence-corrected chi connectivity index (χ3v) is 7.15. The van der Waals surface area contributed by atoms with Crippen LogP contribution in [0.5, 0.6) is 5.75 Å². The number of hydrazone groups is 1. The third kappa shape index (κ3) is 4.22. The second kappa shape index (κ2) is 9.79. The van der Waals surface area contributed by atoms with Gasteiger partial charge in [0.05, 0.1) is 24.6 Å². The molecule has 0 saturated heterocycles. The first kappa shape index (κ1) is 23.9. The third-order valence-electron chi connectivity index (χ3n) is 6.65. The van der Waals surface area contributed by atoms with Gasteiger partial charge in [0.25, 0.3) is 11.5 Å². The molecule has 6 rings (SSSR count). The number of furan rings is 1. The Labute approximate surface area is 226 Å². The van der Waals surface area contributed by atoms with Crippen LogP contribution in [0, 0.1) is 0 Å². The second-order valence-corrected chi connectivity index (χ2v) is 9.84. The normalized spacial score (nSPS) is 15.1. The average Bonchev–Trinajstić information content (AvgIpc) is 3.63. The van der Waals surface area contributed by atoms with E-state index in [1.165, 1.54) is 5.01 Å². The lowest BCUT2D eigenvalue weighted by Crippen LogP contribution is -2.26. The van der Waals surface area contributed by atoms with Gasteiger partial charge in [-0.15, -0.1) is 0 Å². The zero-order valence-corrected chi connectivity index (χ0v) is 21.9. The van der Waals surface area contributed by atoms with E-state index in [1.807, 2.05) is 54.6 Å². The van der Waals surface area contributed by atoms with Crippen LogP contribution < -0.4 is 10.3 Å². The minimum Gasteiger partial charge on any atom is -0.497 e. The molecule has 3 heterocycles. The topological polar surface area (TPSA) is 87.9 Å². The average molecular weight is 568 g/mol. The fourth-order valence-electron chi connectivity index (χ4n) is 4.86. The molecule has 0 bridgehead atoms. The number of nitrogens with one attached hydrogen (secondary N) is 1. The summed E-state index contributed by atoms with van der Waals surface area (Å²) in [5, 5.41) is 7.05. The molecule has 0 radical (unpaired) electrons. The summed E-state index contributed by atoms with van der Waals surface area (Å²) < 4.78 is 11.8. The highest BCUT2D eigenvalue weighted by Crippen LogP contribution is 2.38. The highest BCUT2D eigenvalue weighted by Gasteiger charge is 2.37. The number of aromatic amines is 1. The monoisotopic (exact) mass is 567 g/mol. The minimum atomic E-state index is -0.504. The number of fused-ring (bicyclic) bond motifs is 1. The van der Waals surface area contributed by atoms with Gasteiger partial charge in [0.15, 0.2) is 0 Å². The molecule has 38 heavy (non-hydrogen) atoms. The standard InChI is InChI=1S/C30H22BrN3O4/c1-37-21-12-9-19(10-13-21)30(36)34-25(26-8-5-15-38-26)17-24(33-34)28-27(18-6-3-2-4-7-18)22-16-20(31)11-14-23(22)32-29(28)35/h2-16,25H,17H2,1H3,(H,32,35)/t25-/m0/s1. The number of H-pyrrole nitrogens is 1. The van der Waals surface area contributed by atoms with Crippen LogP contribution in [0.2, 0.25) is 0 Å². The molecule has 0 fully saturated rings. The Hall–Kier alpha value is -4.43. The van der Waals surface area contributed by atoms with Crippen molar-refractivity contribution in [2.75, 3.05) is 7.11 Å². The van der Waals surface area contributed by atoms with E-state index < -0.39 is 6.04 Å².